The Kier molecular flexibility index (Phi) is 5.87. The number of piperidine rings is 1. The average Bonchev–Trinajstić information content (AvgIpc) is 3.36. The molecule has 0 unspecified atom stereocenters. The van der Waals surface area contributed by atoms with Gasteiger partial charge >= 0.3 is 0 Å². The minimum absolute atomic E-state index is 0.0000568. The molecule has 0 radical (unpaired) electrons. The predicted molar refractivity (Wildman–Crippen MR) is 119 cm³/mol. The summed E-state index contributed by atoms with van der Waals surface area (Å²) in [5, 5.41) is 5.32. The van der Waals surface area contributed by atoms with Gasteiger partial charge < -0.3 is 15.1 Å². The molecular formula is C22H29N5OS. The summed E-state index contributed by atoms with van der Waals surface area (Å²) in [5.74, 6) is 1.06. The molecule has 1 fully saturated rings. The largest absolute Gasteiger partial charge is 0.354 e. The van der Waals surface area contributed by atoms with Gasteiger partial charge in [-0.2, -0.15) is 0 Å². The van der Waals surface area contributed by atoms with Crippen LogP contribution in [0.25, 0.3) is 5.65 Å². The van der Waals surface area contributed by atoms with Crippen LogP contribution in [-0.4, -0.2) is 53.4 Å². The zero-order valence-corrected chi connectivity index (χ0v) is 18.2. The summed E-state index contributed by atoms with van der Waals surface area (Å²) in [7, 11) is 4.22. The highest BCUT2D eigenvalue weighted by molar-refractivity contribution is 7.09. The molecule has 1 aliphatic heterocycles. The molecule has 29 heavy (non-hydrogen) atoms. The van der Waals surface area contributed by atoms with E-state index >= 15 is 0 Å². The van der Waals surface area contributed by atoms with Gasteiger partial charge in [-0.3, -0.25) is 9.20 Å². The molecule has 0 atom stereocenters. The summed E-state index contributed by atoms with van der Waals surface area (Å²) in [6, 6.07) is 8.31. The molecule has 0 saturated carbocycles. The Morgan fingerprint density at radius 3 is 2.79 bits per heavy atom. The molecule has 0 bridgehead atoms. The fourth-order valence-corrected chi connectivity index (χ4v) is 4.75. The first kappa shape index (κ1) is 19.9. The van der Waals surface area contributed by atoms with Crippen LogP contribution >= 0.6 is 11.3 Å². The third-order valence-corrected chi connectivity index (χ3v) is 6.51. The molecule has 4 heterocycles. The highest BCUT2D eigenvalue weighted by Gasteiger charge is 2.21. The topological polar surface area (TPSA) is 52.9 Å². The highest BCUT2D eigenvalue weighted by atomic mass is 32.1. The maximum atomic E-state index is 12.9. The summed E-state index contributed by atoms with van der Waals surface area (Å²) >= 11 is 1.76. The fourth-order valence-electron chi connectivity index (χ4n) is 3.99. The smallest absolute Gasteiger partial charge is 0.252 e. The second-order valence-electron chi connectivity index (χ2n) is 7.87. The summed E-state index contributed by atoms with van der Waals surface area (Å²) in [4.78, 5) is 23.5. The number of aromatic nitrogens is 2. The van der Waals surface area contributed by atoms with Gasteiger partial charge in [-0.25, -0.2) is 4.98 Å². The predicted octanol–water partition coefficient (Wildman–Crippen LogP) is 3.42. The van der Waals surface area contributed by atoms with E-state index in [4.69, 9.17) is 4.98 Å². The van der Waals surface area contributed by atoms with Crippen LogP contribution in [0, 0.1) is 0 Å². The van der Waals surface area contributed by atoms with Gasteiger partial charge in [0.1, 0.15) is 11.5 Å². The number of nitrogens with one attached hydrogen (secondary N) is 1. The first-order chi connectivity index (χ1) is 14.0. The number of imidazole rings is 1. The number of carbonyl (C=O) groups is 1. The van der Waals surface area contributed by atoms with Gasteiger partial charge in [-0.05, 0) is 63.0 Å². The zero-order valence-electron chi connectivity index (χ0n) is 17.4. The van der Waals surface area contributed by atoms with Crippen LogP contribution in [0.1, 0.15) is 40.7 Å². The number of anilines is 1. The van der Waals surface area contributed by atoms with Crippen molar-refractivity contribution in [3.05, 3.63) is 52.0 Å². The molecule has 1 aliphatic rings. The third-order valence-electron chi connectivity index (χ3n) is 5.65. The van der Waals surface area contributed by atoms with Gasteiger partial charge in [0, 0.05) is 24.2 Å². The van der Waals surface area contributed by atoms with E-state index in [0.717, 1.165) is 56.1 Å². The van der Waals surface area contributed by atoms with Crippen LogP contribution in [0.2, 0.25) is 0 Å². The number of rotatable bonds is 6. The van der Waals surface area contributed by atoms with Gasteiger partial charge in [0.15, 0.2) is 0 Å². The molecule has 3 aromatic rings. The molecular weight excluding hydrogens is 382 g/mol. The van der Waals surface area contributed by atoms with E-state index in [2.05, 4.69) is 58.0 Å². The number of amides is 1. The molecule has 4 rings (SSSR count). The quantitative estimate of drug-likeness (QED) is 0.675. The molecule has 0 aliphatic carbocycles. The Morgan fingerprint density at radius 2 is 2.10 bits per heavy atom. The monoisotopic (exact) mass is 411 g/mol. The lowest BCUT2D eigenvalue weighted by molar-refractivity contribution is 0.0916. The van der Waals surface area contributed by atoms with Crippen molar-refractivity contribution in [3.63, 3.8) is 0 Å². The van der Waals surface area contributed by atoms with E-state index in [1.807, 2.05) is 18.3 Å². The molecule has 1 amide bonds. The van der Waals surface area contributed by atoms with E-state index in [1.165, 1.54) is 4.88 Å². The number of hydrogen-bond donors (Lipinski definition) is 1. The molecule has 0 aromatic carbocycles. The number of nitrogens with zero attached hydrogens (tertiary/aromatic N) is 4. The first-order valence-electron chi connectivity index (χ1n) is 10.3. The molecule has 0 spiro atoms. The molecule has 1 saturated heterocycles. The minimum Gasteiger partial charge on any atom is -0.354 e. The number of carbonyl (C=O) groups excluding carboxylic acids is 1. The minimum atomic E-state index is 0.0000568. The average molecular weight is 412 g/mol. The Balaban J connectivity index is 1.59. The lowest BCUT2D eigenvalue weighted by atomic mass is 10.1. The Labute approximate surface area is 176 Å². The summed E-state index contributed by atoms with van der Waals surface area (Å²) in [5.41, 5.74) is 2.62. The Morgan fingerprint density at radius 1 is 1.31 bits per heavy atom. The number of thiophene rings is 1. The van der Waals surface area contributed by atoms with Crippen LogP contribution in [0.3, 0.4) is 0 Å². The van der Waals surface area contributed by atoms with Crippen molar-refractivity contribution in [1.29, 1.82) is 0 Å². The Bertz CT molecular complexity index is 973. The summed E-state index contributed by atoms with van der Waals surface area (Å²) < 4.78 is 2.07. The van der Waals surface area contributed by atoms with Crippen molar-refractivity contribution in [2.45, 2.75) is 38.8 Å². The fraction of sp³-hybridized carbons (Fsp3) is 0.455. The van der Waals surface area contributed by atoms with Gasteiger partial charge in [-0.15, -0.1) is 11.3 Å². The summed E-state index contributed by atoms with van der Waals surface area (Å²) in [6.45, 7) is 5.01. The maximum Gasteiger partial charge on any atom is 0.252 e. The second-order valence-corrected chi connectivity index (χ2v) is 8.90. The van der Waals surface area contributed by atoms with Crippen LogP contribution < -0.4 is 10.2 Å². The number of likely N-dealkylation sites (tertiary alicyclic amines) is 1. The number of hydrogen-bond acceptors (Lipinski definition) is 5. The van der Waals surface area contributed by atoms with E-state index in [9.17, 15) is 4.79 Å². The molecule has 3 aromatic heterocycles. The van der Waals surface area contributed by atoms with Crippen LogP contribution in [0.5, 0.6) is 0 Å². The van der Waals surface area contributed by atoms with Gasteiger partial charge in [0.2, 0.25) is 0 Å². The lowest BCUT2D eigenvalue weighted by Gasteiger charge is -2.29. The second kappa shape index (κ2) is 8.55. The molecule has 6 nitrogen and oxygen atoms in total. The third kappa shape index (κ3) is 4.31. The molecule has 7 heteroatoms. The zero-order chi connectivity index (χ0) is 20.4. The molecule has 154 valence electrons. The molecule has 1 N–H and O–H groups in total. The van der Waals surface area contributed by atoms with Crippen LogP contribution in [0.15, 0.2) is 35.8 Å². The van der Waals surface area contributed by atoms with E-state index in [0.29, 0.717) is 5.56 Å². The van der Waals surface area contributed by atoms with Crippen molar-refractivity contribution in [2.24, 2.45) is 0 Å². The van der Waals surface area contributed by atoms with E-state index in [1.54, 1.807) is 11.3 Å². The van der Waals surface area contributed by atoms with Crippen molar-refractivity contribution in [1.82, 2.24) is 19.6 Å². The maximum absolute atomic E-state index is 12.9. The van der Waals surface area contributed by atoms with E-state index < -0.39 is 0 Å². The SMILES string of the molecule is CCc1nc2ccc(C(=O)NC3CCN(C)CC3)cn2c1N(C)Cc1cccs1. The Hall–Kier alpha value is -2.38. The number of fused-ring (bicyclic) bond motifs is 1. The highest BCUT2D eigenvalue weighted by Crippen LogP contribution is 2.25. The van der Waals surface area contributed by atoms with Gasteiger partial charge in [-0.1, -0.05) is 13.0 Å². The van der Waals surface area contributed by atoms with Gasteiger partial charge in [0.25, 0.3) is 5.91 Å². The normalized spacial score (nSPS) is 15.7. The van der Waals surface area contributed by atoms with E-state index in [-0.39, 0.29) is 11.9 Å². The van der Waals surface area contributed by atoms with Gasteiger partial charge in [0.05, 0.1) is 17.8 Å². The van der Waals surface area contributed by atoms with Crippen LogP contribution in [-0.2, 0) is 13.0 Å². The van der Waals surface area contributed by atoms with Crippen molar-refractivity contribution in [3.8, 4) is 0 Å². The van der Waals surface area contributed by atoms with Crippen molar-refractivity contribution < 1.29 is 4.79 Å². The standard InChI is InChI=1S/C22H29N5OS/c1-4-19-22(26(3)15-18-6-5-13-29-18)27-14-16(7-8-20(27)24-19)21(28)23-17-9-11-25(2)12-10-17/h5-8,13-14,17H,4,9-12,15H2,1-3H3,(H,23,28). The number of aryl methyl sites for hydroxylation is 1. The lowest BCUT2D eigenvalue weighted by Crippen LogP contribution is -2.43. The summed E-state index contributed by atoms with van der Waals surface area (Å²) in [6.07, 6.45) is 4.80. The van der Waals surface area contributed by atoms with Crippen LogP contribution in [0.4, 0.5) is 5.82 Å². The number of pyridine rings is 1. The van der Waals surface area contributed by atoms with Crippen molar-refractivity contribution >= 4 is 28.7 Å². The van der Waals surface area contributed by atoms with Crippen molar-refractivity contribution in [2.75, 3.05) is 32.1 Å². The first-order valence-corrected chi connectivity index (χ1v) is 11.2.